The van der Waals surface area contributed by atoms with Crippen molar-refractivity contribution in [1.82, 2.24) is 0 Å². The number of ether oxygens (including phenoxy) is 1. The van der Waals surface area contributed by atoms with Gasteiger partial charge in [-0.05, 0) is 49.2 Å². The highest BCUT2D eigenvalue weighted by atomic mass is 32.2. The summed E-state index contributed by atoms with van der Waals surface area (Å²) in [5, 5.41) is 8.76. The van der Waals surface area contributed by atoms with Crippen molar-refractivity contribution in [2.24, 2.45) is 5.14 Å². The van der Waals surface area contributed by atoms with Gasteiger partial charge in [-0.25, -0.2) is 13.6 Å². The molecular weight excluding hydrogens is 452 g/mol. The number of carbonyl (C=O) groups excluding carboxylic acids is 1. The molecule has 1 aromatic heterocycles. The van der Waals surface area contributed by atoms with E-state index in [2.05, 4.69) is 5.32 Å². The minimum absolute atomic E-state index is 0.0801. The van der Waals surface area contributed by atoms with E-state index in [4.69, 9.17) is 14.3 Å². The number of rotatable bonds is 7. The van der Waals surface area contributed by atoms with Crippen LogP contribution in [0.2, 0.25) is 0 Å². The van der Waals surface area contributed by atoms with Crippen molar-refractivity contribution in [2.75, 3.05) is 11.9 Å². The van der Waals surface area contributed by atoms with Crippen LogP contribution in [-0.4, -0.2) is 20.9 Å². The Bertz CT molecular complexity index is 1490. The first-order valence-corrected chi connectivity index (χ1v) is 12.2. The number of anilines is 1. The number of benzene rings is 3. The van der Waals surface area contributed by atoms with Gasteiger partial charge in [0.05, 0.1) is 17.8 Å². The lowest BCUT2D eigenvalue weighted by Crippen LogP contribution is -2.13. The van der Waals surface area contributed by atoms with Crippen molar-refractivity contribution < 1.29 is 22.4 Å². The fraction of sp³-hybridized carbons (Fsp3) is 0.115. The van der Waals surface area contributed by atoms with Gasteiger partial charge in [-0.1, -0.05) is 36.4 Å². The first-order valence-electron chi connectivity index (χ1n) is 10.6. The van der Waals surface area contributed by atoms with Gasteiger partial charge >= 0.3 is 0 Å². The van der Waals surface area contributed by atoms with Gasteiger partial charge in [0.2, 0.25) is 15.9 Å². The van der Waals surface area contributed by atoms with Gasteiger partial charge in [-0.3, -0.25) is 4.79 Å². The molecule has 1 amide bonds. The van der Waals surface area contributed by atoms with Crippen LogP contribution < -0.4 is 15.2 Å². The van der Waals surface area contributed by atoms with Crippen LogP contribution in [-0.2, 0) is 14.8 Å². The summed E-state index contributed by atoms with van der Waals surface area (Å²) in [7, 11) is -3.87. The second kappa shape index (κ2) is 9.54. The van der Waals surface area contributed by atoms with Gasteiger partial charge < -0.3 is 14.5 Å². The predicted molar refractivity (Wildman–Crippen MR) is 133 cm³/mol. The maximum atomic E-state index is 12.7. The Hall–Kier alpha value is -3.88. The van der Waals surface area contributed by atoms with Crippen molar-refractivity contribution in [3.63, 3.8) is 0 Å². The third kappa shape index (κ3) is 5.03. The molecule has 1 heterocycles. The molecule has 4 rings (SSSR count). The van der Waals surface area contributed by atoms with E-state index in [0.29, 0.717) is 29.2 Å². The Labute approximate surface area is 197 Å². The molecule has 0 bridgehead atoms. The molecule has 0 saturated carbocycles. The molecule has 4 aromatic rings. The predicted octanol–water partition coefficient (Wildman–Crippen LogP) is 5.19. The standard InChI is InChI=1S/C26H24N2O5S/c1-3-32-24-15-25-22(23(16-33-25)18-8-5-4-6-9-18)14-21(24)17(2)12-26(29)28-19-10-7-11-20(13-19)34(27,30)31/h4-16H,3H2,1-2H3,(H,28,29)(H2,27,30,31)/b17-12+. The molecule has 8 heteroatoms. The maximum absolute atomic E-state index is 12.7. The molecule has 0 aliphatic rings. The molecular formula is C26H24N2O5S. The van der Waals surface area contributed by atoms with Gasteiger partial charge in [0.15, 0.2) is 0 Å². The maximum Gasteiger partial charge on any atom is 0.248 e. The molecule has 0 atom stereocenters. The van der Waals surface area contributed by atoms with Crippen molar-refractivity contribution >= 4 is 38.2 Å². The summed E-state index contributed by atoms with van der Waals surface area (Å²) >= 11 is 0. The monoisotopic (exact) mass is 476 g/mol. The number of allylic oxidation sites excluding steroid dienone is 1. The Kier molecular flexibility index (Phi) is 6.54. The Morgan fingerprint density at radius 1 is 1.09 bits per heavy atom. The van der Waals surface area contributed by atoms with Crippen LogP contribution in [0.5, 0.6) is 5.75 Å². The van der Waals surface area contributed by atoms with E-state index < -0.39 is 15.9 Å². The molecule has 3 N–H and O–H groups in total. The van der Waals surface area contributed by atoms with Crippen LogP contribution in [0.1, 0.15) is 19.4 Å². The van der Waals surface area contributed by atoms with E-state index in [1.54, 1.807) is 12.3 Å². The minimum Gasteiger partial charge on any atom is -0.493 e. The number of hydrogen-bond acceptors (Lipinski definition) is 5. The molecule has 0 unspecified atom stereocenters. The van der Waals surface area contributed by atoms with E-state index in [1.807, 2.05) is 56.3 Å². The average Bonchev–Trinajstić information content (AvgIpc) is 3.21. The molecule has 0 radical (unpaired) electrons. The van der Waals surface area contributed by atoms with Crippen molar-refractivity contribution in [2.45, 2.75) is 18.7 Å². The van der Waals surface area contributed by atoms with Crippen molar-refractivity contribution in [1.29, 1.82) is 0 Å². The summed E-state index contributed by atoms with van der Waals surface area (Å²) in [5.41, 5.74) is 4.39. The molecule has 0 spiro atoms. The number of sulfonamides is 1. The average molecular weight is 477 g/mol. The highest BCUT2D eigenvalue weighted by Gasteiger charge is 2.15. The Morgan fingerprint density at radius 2 is 1.85 bits per heavy atom. The summed E-state index contributed by atoms with van der Waals surface area (Å²) in [4.78, 5) is 12.6. The first-order chi connectivity index (χ1) is 16.3. The molecule has 0 aliphatic carbocycles. The lowest BCUT2D eigenvalue weighted by Gasteiger charge is -2.12. The quantitative estimate of drug-likeness (QED) is 0.357. The summed E-state index contributed by atoms with van der Waals surface area (Å²) in [6, 6.07) is 19.4. The van der Waals surface area contributed by atoms with Crippen LogP contribution >= 0.6 is 0 Å². The van der Waals surface area contributed by atoms with E-state index in [0.717, 1.165) is 22.1 Å². The number of nitrogens with one attached hydrogen (secondary N) is 1. The van der Waals surface area contributed by atoms with Crippen LogP contribution in [0, 0.1) is 0 Å². The number of carbonyl (C=O) groups is 1. The molecule has 34 heavy (non-hydrogen) atoms. The third-order valence-corrected chi connectivity index (χ3v) is 6.17. The van der Waals surface area contributed by atoms with Gasteiger partial charge in [0, 0.05) is 34.3 Å². The van der Waals surface area contributed by atoms with E-state index in [9.17, 15) is 13.2 Å². The minimum atomic E-state index is -3.87. The van der Waals surface area contributed by atoms with Crippen LogP contribution in [0.3, 0.4) is 0 Å². The third-order valence-electron chi connectivity index (χ3n) is 5.26. The number of nitrogens with two attached hydrogens (primary N) is 1. The van der Waals surface area contributed by atoms with Gasteiger partial charge in [-0.15, -0.1) is 0 Å². The lowest BCUT2D eigenvalue weighted by atomic mass is 9.99. The van der Waals surface area contributed by atoms with Gasteiger partial charge in [-0.2, -0.15) is 0 Å². The topological polar surface area (TPSA) is 112 Å². The second-order valence-electron chi connectivity index (χ2n) is 7.68. The van der Waals surface area contributed by atoms with Gasteiger partial charge in [0.1, 0.15) is 11.3 Å². The van der Waals surface area contributed by atoms with Crippen molar-refractivity contribution in [3.8, 4) is 16.9 Å². The lowest BCUT2D eigenvalue weighted by molar-refractivity contribution is -0.111. The zero-order valence-electron chi connectivity index (χ0n) is 18.7. The molecule has 0 fully saturated rings. The summed E-state index contributed by atoms with van der Waals surface area (Å²) in [6.45, 7) is 4.15. The highest BCUT2D eigenvalue weighted by molar-refractivity contribution is 7.89. The SMILES string of the molecule is CCOc1cc2occ(-c3ccccc3)c2cc1/C(C)=C/C(=O)Nc1cccc(S(N)(=O)=O)c1. The van der Waals surface area contributed by atoms with E-state index >= 15 is 0 Å². The largest absolute Gasteiger partial charge is 0.493 e. The second-order valence-corrected chi connectivity index (χ2v) is 9.24. The van der Waals surface area contributed by atoms with E-state index in [1.165, 1.54) is 24.3 Å². The summed E-state index contributed by atoms with van der Waals surface area (Å²) < 4.78 is 34.8. The zero-order valence-corrected chi connectivity index (χ0v) is 19.6. The summed E-state index contributed by atoms with van der Waals surface area (Å²) in [6.07, 6.45) is 3.15. The number of hydrogen-bond donors (Lipinski definition) is 2. The van der Waals surface area contributed by atoms with Crippen LogP contribution in [0.4, 0.5) is 5.69 Å². The number of amides is 1. The van der Waals surface area contributed by atoms with Gasteiger partial charge in [0.25, 0.3) is 0 Å². The molecule has 174 valence electrons. The van der Waals surface area contributed by atoms with Crippen LogP contribution in [0.15, 0.2) is 88.4 Å². The molecule has 0 saturated heterocycles. The van der Waals surface area contributed by atoms with Crippen LogP contribution in [0.25, 0.3) is 27.7 Å². The Balaban J connectivity index is 1.69. The zero-order chi connectivity index (χ0) is 24.3. The van der Waals surface area contributed by atoms with Crippen molar-refractivity contribution in [3.05, 3.63) is 84.6 Å². The fourth-order valence-corrected chi connectivity index (χ4v) is 4.24. The fourth-order valence-electron chi connectivity index (χ4n) is 3.68. The summed E-state index contributed by atoms with van der Waals surface area (Å²) in [5.74, 6) is 0.184. The smallest absolute Gasteiger partial charge is 0.248 e. The number of primary sulfonamides is 1. The molecule has 7 nitrogen and oxygen atoms in total. The normalized spacial score (nSPS) is 12.0. The van der Waals surface area contributed by atoms with E-state index in [-0.39, 0.29) is 4.90 Å². The Morgan fingerprint density at radius 3 is 2.56 bits per heavy atom. The number of furan rings is 1. The molecule has 0 aliphatic heterocycles. The highest BCUT2D eigenvalue weighted by Crippen LogP contribution is 2.37. The molecule has 3 aromatic carbocycles. The number of fused-ring (bicyclic) bond motifs is 1. The first kappa shape index (κ1) is 23.3.